The van der Waals surface area contributed by atoms with Crippen LogP contribution >= 0.6 is 7.82 Å². The predicted octanol–water partition coefficient (Wildman–Crippen LogP) is 4.57. The second-order valence-corrected chi connectivity index (χ2v) is 10.2. The minimum atomic E-state index is -4.79. The molecule has 1 aliphatic rings. The van der Waals surface area contributed by atoms with Crippen LogP contribution in [0.2, 0.25) is 0 Å². The van der Waals surface area contributed by atoms with Crippen LogP contribution < -0.4 is 10.5 Å². The van der Waals surface area contributed by atoms with Crippen LogP contribution in [0, 0.1) is 5.92 Å². The Morgan fingerprint density at radius 2 is 1.82 bits per heavy atom. The highest BCUT2D eigenvalue weighted by molar-refractivity contribution is 7.46. The third kappa shape index (κ3) is 10.3. The largest absolute Gasteiger partial charge is 0.493 e. The van der Waals surface area contributed by atoms with Crippen molar-refractivity contribution in [3.8, 4) is 5.75 Å². The lowest BCUT2D eigenvalue weighted by molar-refractivity contribution is -0.139. The maximum absolute atomic E-state index is 13.6. The first kappa shape index (κ1) is 28.1. The van der Waals surface area contributed by atoms with E-state index in [1.165, 1.54) is 44.2 Å². The first-order chi connectivity index (χ1) is 15.4. The highest BCUT2D eigenvalue weighted by Crippen LogP contribution is 2.38. The van der Waals surface area contributed by atoms with Crippen LogP contribution in [0.1, 0.15) is 68.9 Å². The zero-order valence-electron chi connectivity index (χ0n) is 18.7. The fourth-order valence-electron chi connectivity index (χ4n) is 4.08. The Balaban J connectivity index is 1.92. The Labute approximate surface area is 192 Å². The number of aliphatic hydroxyl groups is 1. The van der Waals surface area contributed by atoms with Gasteiger partial charge in [-0.3, -0.25) is 4.52 Å². The smallest absolute Gasteiger partial charge is 0.469 e. The monoisotopic (exact) mass is 497 g/mol. The number of phosphoric ester groups is 1. The number of benzene rings is 1. The molecule has 5 N–H and O–H groups in total. The molecule has 0 saturated heterocycles. The molecule has 7 nitrogen and oxygen atoms in total. The van der Waals surface area contributed by atoms with Gasteiger partial charge < -0.3 is 25.4 Å². The molecule has 33 heavy (non-hydrogen) atoms. The van der Waals surface area contributed by atoms with Gasteiger partial charge >= 0.3 is 14.0 Å². The molecule has 0 aliphatic heterocycles. The van der Waals surface area contributed by atoms with E-state index in [2.05, 4.69) is 4.52 Å². The number of nitrogens with two attached hydrogens (primary N) is 1. The molecule has 1 aromatic carbocycles. The van der Waals surface area contributed by atoms with Crippen molar-refractivity contribution in [1.82, 2.24) is 0 Å². The molecular weight excluding hydrogens is 462 g/mol. The van der Waals surface area contributed by atoms with Gasteiger partial charge in [0.2, 0.25) is 0 Å². The van der Waals surface area contributed by atoms with Crippen LogP contribution in [0.5, 0.6) is 5.75 Å². The van der Waals surface area contributed by atoms with Crippen molar-refractivity contribution < 1.29 is 41.9 Å². The topological polar surface area (TPSA) is 122 Å². The number of halogens is 3. The molecule has 0 spiro atoms. The van der Waals surface area contributed by atoms with Gasteiger partial charge in [-0.15, -0.1) is 0 Å². The van der Waals surface area contributed by atoms with E-state index in [1.54, 1.807) is 0 Å². The minimum absolute atomic E-state index is 0.0395. The molecule has 0 amide bonds. The average Bonchev–Trinajstić information content (AvgIpc) is 2.76. The summed E-state index contributed by atoms with van der Waals surface area (Å²) in [7, 11) is -4.79. The molecule has 1 aromatic rings. The number of aryl methyl sites for hydroxylation is 1. The zero-order valence-corrected chi connectivity index (χ0v) is 19.6. The van der Waals surface area contributed by atoms with Gasteiger partial charge in [0, 0.05) is 0 Å². The van der Waals surface area contributed by atoms with E-state index in [0.29, 0.717) is 12.0 Å². The van der Waals surface area contributed by atoms with Gasteiger partial charge in [0.1, 0.15) is 5.75 Å². The molecule has 0 radical (unpaired) electrons. The van der Waals surface area contributed by atoms with Gasteiger partial charge in [0.05, 0.1) is 30.9 Å². The van der Waals surface area contributed by atoms with Crippen molar-refractivity contribution >= 4 is 7.82 Å². The van der Waals surface area contributed by atoms with Crippen molar-refractivity contribution in [3.63, 3.8) is 0 Å². The van der Waals surface area contributed by atoms with E-state index >= 15 is 0 Å². The summed E-state index contributed by atoms with van der Waals surface area (Å²) in [5, 5.41) is 9.45. The third-order valence-corrected chi connectivity index (χ3v) is 6.55. The molecule has 1 atom stereocenters. The third-order valence-electron chi connectivity index (χ3n) is 6.09. The lowest BCUT2D eigenvalue weighted by atomic mass is 9.86. The summed E-state index contributed by atoms with van der Waals surface area (Å²) in [5.41, 5.74) is 3.81. The van der Waals surface area contributed by atoms with E-state index in [1.807, 2.05) is 0 Å². The van der Waals surface area contributed by atoms with Crippen molar-refractivity contribution in [2.75, 3.05) is 19.8 Å². The standard InChI is InChI=1S/C22H35F3NO6P/c23-22(24,25)19-14-18(11-12-21(26,15-27)16-32-33(28,29)30)9-10-20(19)31-13-5-4-8-17-6-2-1-3-7-17/h9-10,14,17,27H,1-8,11-13,15-16,26H2,(H2,28,29,30). The van der Waals surface area contributed by atoms with Crippen molar-refractivity contribution in [3.05, 3.63) is 29.3 Å². The molecule has 1 fully saturated rings. The van der Waals surface area contributed by atoms with E-state index in [9.17, 15) is 22.8 Å². The summed E-state index contributed by atoms with van der Waals surface area (Å²) >= 11 is 0. The second-order valence-electron chi connectivity index (χ2n) is 8.96. The van der Waals surface area contributed by atoms with Crippen LogP contribution in [0.25, 0.3) is 0 Å². The van der Waals surface area contributed by atoms with Crippen LogP contribution in [-0.4, -0.2) is 40.3 Å². The summed E-state index contributed by atoms with van der Waals surface area (Å²) in [6.07, 6.45) is 4.43. The molecule has 190 valence electrons. The normalized spacial score (nSPS) is 17.7. The Hall–Kier alpha value is -1.16. The fraction of sp³-hybridized carbons (Fsp3) is 0.727. The molecular formula is C22H35F3NO6P. The number of aliphatic hydroxyl groups excluding tert-OH is 1. The predicted molar refractivity (Wildman–Crippen MR) is 118 cm³/mol. The van der Waals surface area contributed by atoms with Gasteiger partial charge in [-0.05, 0) is 49.3 Å². The average molecular weight is 497 g/mol. The van der Waals surface area contributed by atoms with Crippen LogP contribution in [0.3, 0.4) is 0 Å². The van der Waals surface area contributed by atoms with Crippen LogP contribution in [0.15, 0.2) is 18.2 Å². The maximum Gasteiger partial charge on any atom is 0.469 e. The number of unbranched alkanes of at least 4 members (excludes halogenated alkanes) is 1. The SMILES string of the molecule is NC(CO)(CCc1ccc(OCCCCC2CCCCC2)c(C(F)(F)F)c1)COP(=O)(O)O. The molecule has 1 saturated carbocycles. The summed E-state index contributed by atoms with van der Waals surface area (Å²) in [6, 6.07) is 3.76. The van der Waals surface area contributed by atoms with Gasteiger partial charge in [-0.25, -0.2) is 4.57 Å². The number of rotatable bonds is 13. The van der Waals surface area contributed by atoms with Gasteiger partial charge in [0.25, 0.3) is 0 Å². The number of alkyl halides is 3. The second kappa shape index (κ2) is 12.5. The minimum Gasteiger partial charge on any atom is -0.493 e. The van der Waals surface area contributed by atoms with Crippen molar-refractivity contribution in [1.29, 1.82) is 0 Å². The first-order valence-corrected chi connectivity index (χ1v) is 12.9. The van der Waals surface area contributed by atoms with Crippen LogP contribution in [-0.2, 0) is 21.7 Å². The van der Waals surface area contributed by atoms with E-state index < -0.39 is 38.3 Å². The highest BCUT2D eigenvalue weighted by Gasteiger charge is 2.35. The molecule has 2 rings (SSSR count). The van der Waals surface area contributed by atoms with Crippen molar-refractivity contribution in [2.24, 2.45) is 11.7 Å². The number of hydrogen-bond donors (Lipinski definition) is 4. The molecule has 11 heteroatoms. The van der Waals surface area contributed by atoms with E-state index in [-0.39, 0.29) is 25.2 Å². The van der Waals surface area contributed by atoms with Crippen molar-refractivity contribution in [2.45, 2.75) is 75.9 Å². The van der Waals surface area contributed by atoms with Gasteiger partial charge in [0.15, 0.2) is 0 Å². The summed E-state index contributed by atoms with van der Waals surface area (Å²) in [4.78, 5) is 17.6. The summed E-state index contributed by atoms with van der Waals surface area (Å²) in [5.74, 6) is 0.499. The fourth-order valence-corrected chi connectivity index (χ4v) is 4.50. The Morgan fingerprint density at radius 1 is 1.12 bits per heavy atom. The van der Waals surface area contributed by atoms with E-state index in [0.717, 1.165) is 24.8 Å². The van der Waals surface area contributed by atoms with Gasteiger partial charge in [-0.1, -0.05) is 44.6 Å². The Kier molecular flexibility index (Phi) is 10.7. The Bertz CT molecular complexity index is 782. The number of ether oxygens (including phenoxy) is 1. The molecule has 0 heterocycles. The summed E-state index contributed by atoms with van der Waals surface area (Å²) in [6.45, 7) is -1.07. The highest BCUT2D eigenvalue weighted by atomic mass is 31.2. The number of phosphoric acid groups is 1. The molecule has 0 bridgehead atoms. The quantitative estimate of drug-likeness (QED) is 0.233. The van der Waals surface area contributed by atoms with E-state index in [4.69, 9.17) is 20.3 Å². The number of hydrogen-bond acceptors (Lipinski definition) is 5. The molecule has 1 unspecified atom stereocenters. The van der Waals surface area contributed by atoms with Crippen LogP contribution in [0.4, 0.5) is 13.2 Å². The van der Waals surface area contributed by atoms with Gasteiger partial charge in [-0.2, -0.15) is 13.2 Å². The lowest BCUT2D eigenvalue weighted by Crippen LogP contribution is -2.48. The zero-order chi connectivity index (χ0) is 24.5. The summed E-state index contributed by atoms with van der Waals surface area (Å²) < 4.78 is 61.4. The maximum atomic E-state index is 13.6. The lowest BCUT2D eigenvalue weighted by Gasteiger charge is -2.27. The first-order valence-electron chi connectivity index (χ1n) is 11.3. The molecule has 0 aromatic heterocycles. The Morgan fingerprint density at radius 3 is 2.42 bits per heavy atom. The molecule has 1 aliphatic carbocycles.